The number of aryl methyl sites for hydroxylation is 1. The Morgan fingerprint density at radius 3 is 2.69 bits per heavy atom. The first kappa shape index (κ1) is 21.3. The monoisotopic (exact) mass is 413 g/mol. The number of aliphatic imine (C=N–C) groups is 1. The second-order valence-electron chi connectivity index (χ2n) is 7.29. The number of guanidine groups is 1. The van der Waals surface area contributed by atoms with Gasteiger partial charge < -0.3 is 15.5 Å². The van der Waals surface area contributed by atoms with Crippen LogP contribution in [0.5, 0.6) is 0 Å². The number of benzene rings is 1. The fraction of sp³-hybridized carbons (Fsp3) is 0.500. The van der Waals surface area contributed by atoms with Gasteiger partial charge in [-0.1, -0.05) is 29.8 Å². The largest absolute Gasteiger partial charge is 0.357 e. The number of nitrogens with zero attached hydrogens (tertiary/aromatic N) is 3. The van der Waals surface area contributed by atoms with E-state index in [2.05, 4.69) is 52.2 Å². The van der Waals surface area contributed by atoms with Crippen LogP contribution in [-0.2, 0) is 11.2 Å². The lowest BCUT2D eigenvalue weighted by molar-refractivity contribution is -0.129. The van der Waals surface area contributed by atoms with Crippen molar-refractivity contribution >= 4 is 23.2 Å². The molecule has 2 N–H and O–H groups in total. The highest BCUT2D eigenvalue weighted by molar-refractivity contribution is 7.13. The minimum Gasteiger partial charge on any atom is -0.357 e. The highest BCUT2D eigenvalue weighted by atomic mass is 32.1. The molecule has 1 amide bonds. The summed E-state index contributed by atoms with van der Waals surface area (Å²) in [6, 6.07) is 8.47. The zero-order valence-corrected chi connectivity index (χ0v) is 18.2. The molecule has 1 aliphatic heterocycles. The summed E-state index contributed by atoms with van der Waals surface area (Å²) in [5.74, 6) is 0.976. The average Bonchev–Trinajstić information content (AvgIpc) is 3.41. The molecule has 1 saturated heterocycles. The third kappa shape index (κ3) is 6.56. The quantitative estimate of drug-likeness (QED) is 0.515. The van der Waals surface area contributed by atoms with Crippen molar-refractivity contribution in [2.45, 2.75) is 39.5 Å². The molecule has 0 unspecified atom stereocenters. The molecule has 1 aromatic heterocycles. The van der Waals surface area contributed by atoms with Crippen molar-refractivity contribution in [3.63, 3.8) is 0 Å². The Bertz CT molecular complexity index is 809. The van der Waals surface area contributed by atoms with Crippen molar-refractivity contribution in [3.8, 4) is 10.6 Å². The number of aromatic nitrogens is 1. The van der Waals surface area contributed by atoms with Gasteiger partial charge in [-0.3, -0.25) is 9.79 Å². The summed E-state index contributed by atoms with van der Waals surface area (Å²) in [5.41, 5.74) is 3.50. The van der Waals surface area contributed by atoms with Gasteiger partial charge in [0.2, 0.25) is 5.91 Å². The fourth-order valence-electron chi connectivity index (χ4n) is 3.29. The van der Waals surface area contributed by atoms with Crippen molar-refractivity contribution in [2.75, 3.05) is 32.7 Å². The second kappa shape index (κ2) is 11.0. The third-order valence-corrected chi connectivity index (χ3v) is 5.86. The molecule has 0 spiro atoms. The Hall–Kier alpha value is -2.41. The molecule has 0 radical (unpaired) electrons. The zero-order chi connectivity index (χ0) is 20.5. The van der Waals surface area contributed by atoms with E-state index >= 15 is 0 Å². The van der Waals surface area contributed by atoms with E-state index in [-0.39, 0.29) is 5.91 Å². The summed E-state index contributed by atoms with van der Waals surface area (Å²) >= 11 is 1.68. The van der Waals surface area contributed by atoms with Gasteiger partial charge in [-0.25, -0.2) is 4.98 Å². The fourth-order valence-corrected chi connectivity index (χ4v) is 4.15. The van der Waals surface area contributed by atoms with E-state index in [1.165, 1.54) is 5.56 Å². The average molecular weight is 414 g/mol. The predicted molar refractivity (Wildman–Crippen MR) is 120 cm³/mol. The highest BCUT2D eigenvalue weighted by Crippen LogP contribution is 2.24. The number of carbonyl (C=O) groups is 1. The SMILES string of the molecule is CCNC(=NCCC(=O)N1CCCC1)NCCc1csc(-c2ccc(C)cc2)n1. The number of rotatable bonds is 8. The van der Waals surface area contributed by atoms with E-state index in [9.17, 15) is 4.79 Å². The molecule has 0 saturated carbocycles. The highest BCUT2D eigenvalue weighted by Gasteiger charge is 2.17. The van der Waals surface area contributed by atoms with Gasteiger partial charge in [0.1, 0.15) is 5.01 Å². The topological polar surface area (TPSA) is 69.6 Å². The molecule has 0 atom stereocenters. The van der Waals surface area contributed by atoms with Crippen LogP contribution in [0.2, 0.25) is 0 Å². The van der Waals surface area contributed by atoms with Crippen LogP contribution >= 0.6 is 11.3 Å². The van der Waals surface area contributed by atoms with Crippen molar-refractivity contribution < 1.29 is 4.79 Å². The number of hydrogen-bond acceptors (Lipinski definition) is 4. The Morgan fingerprint density at radius 1 is 1.21 bits per heavy atom. The standard InChI is InChI=1S/C22H31N5OS/c1-3-23-22(25-13-11-20(28)27-14-4-5-15-27)24-12-10-19-16-29-21(26-19)18-8-6-17(2)7-9-18/h6-9,16H,3-5,10-15H2,1-2H3,(H2,23,24,25). The first-order valence-corrected chi connectivity index (χ1v) is 11.3. The maximum absolute atomic E-state index is 12.1. The van der Waals surface area contributed by atoms with E-state index in [1.807, 2.05) is 11.8 Å². The maximum atomic E-state index is 12.1. The molecule has 29 heavy (non-hydrogen) atoms. The van der Waals surface area contributed by atoms with Crippen LogP contribution in [0, 0.1) is 6.92 Å². The molecular formula is C22H31N5OS. The second-order valence-corrected chi connectivity index (χ2v) is 8.14. The van der Waals surface area contributed by atoms with Crippen LogP contribution in [0.4, 0.5) is 0 Å². The first-order chi connectivity index (χ1) is 14.2. The molecule has 1 fully saturated rings. The summed E-state index contributed by atoms with van der Waals surface area (Å²) in [7, 11) is 0. The number of hydrogen-bond donors (Lipinski definition) is 2. The number of amides is 1. The predicted octanol–water partition coefficient (Wildman–Crippen LogP) is 3.23. The van der Waals surface area contributed by atoms with Crippen LogP contribution in [0.1, 0.15) is 37.4 Å². The molecule has 156 valence electrons. The van der Waals surface area contributed by atoms with Gasteiger partial charge in [0, 0.05) is 50.0 Å². The minimum absolute atomic E-state index is 0.216. The summed E-state index contributed by atoms with van der Waals surface area (Å²) in [5, 5.41) is 9.77. The summed E-state index contributed by atoms with van der Waals surface area (Å²) in [4.78, 5) is 23.4. The molecule has 2 heterocycles. The molecule has 0 bridgehead atoms. The molecule has 2 aromatic rings. The van der Waals surface area contributed by atoms with Crippen molar-refractivity contribution in [3.05, 3.63) is 40.9 Å². The van der Waals surface area contributed by atoms with Crippen molar-refractivity contribution in [2.24, 2.45) is 4.99 Å². The Balaban J connectivity index is 1.45. The van der Waals surface area contributed by atoms with Crippen LogP contribution in [0.15, 0.2) is 34.6 Å². The zero-order valence-electron chi connectivity index (χ0n) is 17.4. The van der Waals surface area contributed by atoms with Crippen LogP contribution in [0.3, 0.4) is 0 Å². The Morgan fingerprint density at radius 2 is 1.97 bits per heavy atom. The van der Waals surface area contributed by atoms with E-state index < -0.39 is 0 Å². The number of thiazole rings is 1. The first-order valence-electron chi connectivity index (χ1n) is 10.5. The van der Waals surface area contributed by atoms with E-state index in [4.69, 9.17) is 4.98 Å². The lowest BCUT2D eigenvalue weighted by atomic mass is 10.2. The molecule has 7 heteroatoms. The minimum atomic E-state index is 0.216. The number of nitrogens with one attached hydrogen (secondary N) is 2. The van der Waals surface area contributed by atoms with Gasteiger partial charge >= 0.3 is 0 Å². The summed E-state index contributed by atoms with van der Waals surface area (Å²) in [6.07, 6.45) is 3.56. The molecule has 1 aliphatic rings. The van der Waals surface area contributed by atoms with Gasteiger partial charge in [-0.2, -0.15) is 0 Å². The van der Waals surface area contributed by atoms with Crippen LogP contribution < -0.4 is 10.6 Å². The summed E-state index contributed by atoms with van der Waals surface area (Å²) < 4.78 is 0. The number of likely N-dealkylation sites (tertiary alicyclic amines) is 1. The lowest BCUT2D eigenvalue weighted by Crippen LogP contribution is -2.38. The van der Waals surface area contributed by atoms with Crippen molar-refractivity contribution in [1.29, 1.82) is 0 Å². The van der Waals surface area contributed by atoms with Gasteiger partial charge in [0.15, 0.2) is 5.96 Å². The molecule has 1 aromatic carbocycles. The molecule has 0 aliphatic carbocycles. The normalized spacial score (nSPS) is 14.3. The van der Waals surface area contributed by atoms with Gasteiger partial charge in [0.05, 0.1) is 12.2 Å². The van der Waals surface area contributed by atoms with Crippen LogP contribution in [-0.4, -0.2) is 54.5 Å². The van der Waals surface area contributed by atoms with Gasteiger partial charge in [-0.15, -0.1) is 11.3 Å². The number of carbonyl (C=O) groups excluding carboxylic acids is 1. The van der Waals surface area contributed by atoms with E-state index in [0.29, 0.717) is 13.0 Å². The Labute approximate surface area is 177 Å². The third-order valence-electron chi connectivity index (χ3n) is 4.92. The van der Waals surface area contributed by atoms with Gasteiger partial charge in [-0.05, 0) is 26.7 Å². The molecular weight excluding hydrogens is 382 g/mol. The Kier molecular flexibility index (Phi) is 8.04. The molecule has 6 nitrogen and oxygen atoms in total. The van der Waals surface area contributed by atoms with Crippen LogP contribution in [0.25, 0.3) is 10.6 Å². The van der Waals surface area contributed by atoms with E-state index in [0.717, 1.165) is 67.7 Å². The van der Waals surface area contributed by atoms with Crippen molar-refractivity contribution in [1.82, 2.24) is 20.5 Å². The maximum Gasteiger partial charge on any atom is 0.224 e. The molecule has 3 rings (SSSR count). The van der Waals surface area contributed by atoms with Gasteiger partial charge in [0.25, 0.3) is 0 Å². The lowest BCUT2D eigenvalue weighted by Gasteiger charge is -2.15. The smallest absolute Gasteiger partial charge is 0.224 e. The summed E-state index contributed by atoms with van der Waals surface area (Å²) in [6.45, 7) is 8.00. The van der Waals surface area contributed by atoms with E-state index in [1.54, 1.807) is 11.3 Å².